The minimum Gasteiger partial charge on any atom is -0.324 e. The summed E-state index contributed by atoms with van der Waals surface area (Å²) in [5.41, 5.74) is 3.25. The Balaban J connectivity index is 2.04. The normalized spacial score (nSPS) is 27.2. The Bertz CT molecular complexity index is 502. The van der Waals surface area contributed by atoms with Gasteiger partial charge in [-0.25, -0.2) is 0 Å². The van der Waals surface area contributed by atoms with Crippen LogP contribution in [0.4, 0.5) is 5.69 Å². The third-order valence-electron chi connectivity index (χ3n) is 4.68. The number of hydrogen-bond donors (Lipinski definition) is 2. The Morgan fingerprint density at radius 1 is 1.24 bits per heavy atom. The highest BCUT2D eigenvalue weighted by atomic mass is 16.2. The molecule has 116 valence electrons. The summed E-state index contributed by atoms with van der Waals surface area (Å²) in [6, 6.07) is 6.20. The first kappa shape index (κ1) is 16.0. The Hall–Kier alpha value is -1.35. The van der Waals surface area contributed by atoms with Crippen LogP contribution in [0, 0.1) is 25.7 Å². The van der Waals surface area contributed by atoms with Gasteiger partial charge in [-0.15, -0.1) is 0 Å². The lowest BCUT2D eigenvalue weighted by Gasteiger charge is -2.35. The van der Waals surface area contributed by atoms with Gasteiger partial charge in [-0.05, 0) is 44.4 Å². The van der Waals surface area contributed by atoms with Crippen molar-refractivity contribution < 1.29 is 9.69 Å². The molecule has 0 bridgehead atoms. The van der Waals surface area contributed by atoms with Crippen LogP contribution in [0.1, 0.15) is 38.3 Å². The van der Waals surface area contributed by atoms with Crippen LogP contribution in [0.15, 0.2) is 18.2 Å². The number of carbonyl (C=O) groups is 1. The zero-order chi connectivity index (χ0) is 15.6. The van der Waals surface area contributed by atoms with Crippen molar-refractivity contribution in [2.45, 2.75) is 47.1 Å². The number of anilines is 1. The molecule has 1 aliphatic rings. The summed E-state index contributed by atoms with van der Waals surface area (Å²) >= 11 is 0. The lowest BCUT2D eigenvalue weighted by atomic mass is 9.91. The van der Waals surface area contributed by atoms with Gasteiger partial charge in [-0.3, -0.25) is 4.79 Å². The molecule has 2 rings (SSSR count). The van der Waals surface area contributed by atoms with Crippen molar-refractivity contribution in [3.63, 3.8) is 0 Å². The molecule has 3 heteroatoms. The quantitative estimate of drug-likeness (QED) is 0.879. The highest BCUT2D eigenvalue weighted by molar-refractivity contribution is 5.94. The van der Waals surface area contributed by atoms with E-state index in [9.17, 15) is 4.79 Å². The van der Waals surface area contributed by atoms with Crippen molar-refractivity contribution in [1.82, 2.24) is 0 Å². The van der Waals surface area contributed by atoms with Gasteiger partial charge in [-0.2, -0.15) is 0 Å². The first-order chi connectivity index (χ1) is 9.86. The van der Waals surface area contributed by atoms with Crippen molar-refractivity contribution >= 4 is 11.6 Å². The molecule has 3 nitrogen and oxygen atoms in total. The second-order valence-electron chi connectivity index (χ2n) is 7.04. The molecule has 1 fully saturated rings. The van der Waals surface area contributed by atoms with E-state index >= 15 is 0 Å². The number of likely N-dealkylation sites (tertiary alicyclic amines) is 1. The predicted molar refractivity (Wildman–Crippen MR) is 87.6 cm³/mol. The molecule has 0 aromatic heterocycles. The van der Waals surface area contributed by atoms with Crippen LogP contribution in [0.5, 0.6) is 0 Å². The van der Waals surface area contributed by atoms with Crippen LogP contribution in [0.25, 0.3) is 0 Å². The summed E-state index contributed by atoms with van der Waals surface area (Å²) in [7, 11) is 0. The standard InChI is InChI=1S/C18H28N2O/c1-12-6-7-15(4)17(9-12)19-18(21)16(5)20-10-13(2)8-14(3)11-20/h6-7,9,13-14,16H,8,10-11H2,1-5H3,(H,19,21)/p+1/t13-,14+,16-/m1/s1. The van der Waals surface area contributed by atoms with Gasteiger partial charge in [0.2, 0.25) is 0 Å². The summed E-state index contributed by atoms with van der Waals surface area (Å²) in [5, 5.41) is 3.12. The number of benzene rings is 1. The summed E-state index contributed by atoms with van der Waals surface area (Å²) in [6.07, 6.45) is 1.29. The fourth-order valence-corrected chi connectivity index (χ4v) is 3.48. The number of amides is 1. The van der Waals surface area contributed by atoms with E-state index in [2.05, 4.69) is 51.2 Å². The Kier molecular flexibility index (Phi) is 5.04. The number of quaternary nitrogens is 1. The maximum absolute atomic E-state index is 12.6. The number of piperidine rings is 1. The molecular formula is C18H29N2O+. The zero-order valence-corrected chi connectivity index (χ0v) is 14.0. The van der Waals surface area contributed by atoms with Crippen LogP contribution < -0.4 is 10.2 Å². The highest BCUT2D eigenvalue weighted by Crippen LogP contribution is 2.17. The van der Waals surface area contributed by atoms with Gasteiger partial charge in [0, 0.05) is 17.5 Å². The third kappa shape index (κ3) is 4.07. The van der Waals surface area contributed by atoms with Crippen LogP contribution >= 0.6 is 0 Å². The van der Waals surface area contributed by atoms with E-state index < -0.39 is 0 Å². The molecule has 0 radical (unpaired) electrons. The number of hydrogen-bond acceptors (Lipinski definition) is 1. The van der Waals surface area contributed by atoms with Gasteiger partial charge in [0.1, 0.15) is 0 Å². The van der Waals surface area contributed by atoms with Gasteiger partial charge in [0.05, 0.1) is 13.1 Å². The van der Waals surface area contributed by atoms with E-state index in [4.69, 9.17) is 0 Å². The van der Waals surface area contributed by atoms with Crippen molar-refractivity contribution in [1.29, 1.82) is 0 Å². The van der Waals surface area contributed by atoms with Crippen molar-refractivity contribution in [3.8, 4) is 0 Å². The molecule has 1 aliphatic heterocycles. The molecule has 1 aromatic carbocycles. The van der Waals surface area contributed by atoms with Gasteiger partial charge in [-0.1, -0.05) is 26.0 Å². The van der Waals surface area contributed by atoms with Gasteiger partial charge in [0.15, 0.2) is 6.04 Å². The molecule has 2 N–H and O–H groups in total. The first-order valence-electron chi connectivity index (χ1n) is 8.09. The lowest BCUT2D eigenvalue weighted by Crippen LogP contribution is -3.18. The molecule has 1 unspecified atom stereocenters. The lowest BCUT2D eigenvalue weighted by molar-refractivity contribution is -0.925. The van der Waals surface area contributed by atoms with E-state index in [1.54, 1.807) is 0 Å². The molecule has 0 saturated carbocycles. The average Bonchev–Trinajstić information content (AvgIpc) is 2.41. The number of aryl methyl sites for hydroxylation is 2. The van der Waals surface area contributed by atoms with E-state index in [0.29, 0.717) is 11.8 Å². The van der Waals surface area contributed by atoms with Crippen LogP contribution in [-0.4, -0.2) is 25.0 Å². The first-order valence-corrected chi connectivity index (χ1v) is 8.09. The topological polar surface area (TPSA) is 33.5 Å². The largest absolute Gasteiger partial charge is 0.324 e. The number of carbonyl (C=O) groups excluding carboxylic acids is 1. The molecule has 0 aliphatic carbocycles. The maximum atomic E-state index is 12.6. The van der Waals surface area contributed by atoms with Crippen molar-refractivity contribution in [3.05, 3.63) is 29.3 Å². The molecule has 1 heterocycles. The molecule has 1 amide bonds. The van der Waals surface area contributed by atoms with E-state index in [1.807, 2.05) is 6.92 Å². The second-order valence-corrected chi connectivity index (χ2v) is 7.04. The van der Waals surface area contributed by atoms with Gasteiger partial charge >= 0.3 is 0 Å². The Morgan fingerprint density at radius 3 is 2.48 bits per heavy atom. The van der Waals surface area contributed by atoms with Crippen LogP contribution in [0.3, 0.4) is 0 Å². The SMILES string of the molecule is Cc1ccc(C)c(NC(=O)[C@@H](C)[NH+]2C[C@H](C)C[C@H](C)C2)c1. The Morgan fingerprint density at radius 2 is 1.86 bits per heavy atom. The summed E-state index contributed by atoms with van der Waals surface area (Å²) in [6.45, 7) is 12.9. The van der Waals surface area contributed by atoms with Gasteiger partial charge in [0.25, 0.3) is 5.91 Å². The molecule has 21 heavy (non-hydrogen) atoms. The van der Waals surface area contributed by atoms with Crippen molar-refractivity contribution in [2.24, 2.45) is 11.8 Å². The van der Waals surface area contributed by atoms with E-state index in [0.717, 1.165) is 24.3 Å². The third-order valence-corrected chi connectivity index (χ3v) is 4.68. The fourth-order valence-electron chi connectivity index (χ4n) is 3.48. The monoisotopic (exact) mass is 289 g/mol. The Labute approximate surface area is 128 Å². The molecule has 4 atom stereocenters. The molecular weight excluding hydrogens is 260 g/mol. The maximum Gasteiger partial charge on any atom is 0.282 e. The smallest absolute Gasteiger partial charge is 0.282 e. The minimum absolute atomic E-state index is 0.00936. The molecule has 1 saturated heterocycles. The summed E-state index contributed by atoms with van der Waals surface area (Å²) in [4.78, 5) is 14.0. The minimum atomic E-state index is 0.00936. The summed E-state index contributed by atoms with van der Waals surface area (Å²) < 4.78 is 0. The van der Waals surface area contributed by atoms with Crippen LogP contribution in [0.2, 0.25) is 0 Å². The van der Waals surface area contributed by atoms with Crippen molar-refractivity contribution in [2.75, 3.05) is 18.4 Å². The van der Waals surface area contributed by atoms with Gasteiger partial charge < -0.3 is 10.2 Å². The molecule has 1 aromatic rings. The average molecular weight is 289 g/mol. The number of nitrogens with one attached hydrogen (secondary N) is 2. The zero-order valence-electron chi connectivity index (χ0n) is 14.0. The number of rotatable bonds is 3. The summed E-state index contributed by atoms with van der Waals surface area (Å²) in [5.74, 6) is 1.56. The second kappa shape index (κ2) is 6.61. The van der Waals surface area contributed by atoms with Crippen LogP contribution in [-0.2, 0) is 4.79 Å². The van der Waals surface area contributed by atoms with E-state index in [-0.39, 0.29) is 11.9 Å². The predicted octanol–water partition coefficient (Wildman–Crippen LogP) is 2.19. The highest BCUT2D eigenvalue weighted by Gasteiger charge is 2.32. The molecule has 0 spiro atoms. The fraction of sp³-hybridized carbons (Fsp3) is 0.611. The van der Waals surface area contributed by atoms with E-state index in [1.165, 1.54) is 16.9 Å².